The predicted octanol–water partition coefficient (Wildman–Crippen LogP) is 2.48. The molecule has 0 saturated carbocycles. The lowest BCUT2D eigenvalue weighted by Gasteiger charge is -2.40. The molecule has 7 nitrogen and oxygen atoms in total. The summed E-state index contributed by atoms with van der Waals surface area (Å²) in [5, 5.41) is 6.97. The molecule has 0 spiro atoms. The van der Waals surface area contributed by atoms with Gasteiger partial charge in [0.15, 0.2) is 0 Å². The first-order valence-corrected chi connectivity index (χ1v) is 9.48. The molecule has 1 aliphatic heterocycles. The third-order valence-corrected chi connectivity index (χ3v) is 5.41. The van der Waals surface area contributed by atoms with Crippen molar-refractivity contribution in [2.45, 2.75) is 6.04 Å². The Morgan fingerprint density at radius 2 is 2.04 bits per heavy atom. The smallest absolute Gasteiger partial charge is 0.142 e. The Bertz CT molecular complexity index is 926. The van der Waals surface area contributed by atoms with Gasteiger partial charge in [0.1, 0.15) is 18.0 Å². The lowest BCUT2D eigenvalue weighted by atomic mass is 10.0. The lowest BCUT2D eigenvalue weighted by Crippen LogP contribution is -2.49. The van der Waals surface area contributed by atoms with Crippen molar-refractivity contribution in [1.29, 1.82) is 0 Å². The number of hydrogen-bond acceptors (Lipinski definition) is 6. The van der Waals surface area contributed by atoms with Gasteiger partial charge in [-0.3, -0.25) is 10.00 Å². The number of halogens is 2. The van der Waals surface area contributed by atoms with Gasteiger partial charge >= 0.3 is 0 Å². The molecule has 0 bridgehead atoms. The fraction of sp³-hybridized carbons (Fsp3) is 0.316. The summed E-state index contributed by atoms with van der Waals surface area (Å²) in [7, 11) is 0. The van der Waals surface area contributed by atoms with Crippen molar-refractivity contribution in [1.82, 2.24) is 25.1 Å². The lowest BCUT2D eigenvalue weighted by molar-refractivity contribution is 0.189. The Kier molecular flexibility index (Phi) is 5.52. The highest BCUT2D eigenvalue weighted by Crippen LogP contribution is 2.30. The standard InChI is InChI=1S/C19H21ClFN7/c20-16-2-1-13(7-17(16)21)18(8-22)27-3-5-28(6-4-27)19-15(11-23-12-24-19)14-9-25-26-10-14/h1-2,7,9-12,18H,3-6,8,22H2,(H,25,26). The highest BCUT2D eigenvalue weighted by atomic mass is 35.5. The van der Waals surface area contributed by atoms with Gasteiger partial charge in [0, 0.05) is 62.3 Å². The Hall–Kier alpha value is -2.55. The van der Waals surface area contributed by atoms with Gasteiger partial charge in [-0.05, 0) is 17.7 Å². The Labute approximate surface area is 167 Å². The molecule has 3 N–H and O–H groups in total. The SMILES string of the molecule is NCC(c1ccc(Cl)c(F)c1)N1CCN(c2ncncc2-c2cn[nH]c2)CC1. The molecule has 1 aliphatic rings. The van der Waals surface area contributed by atoms with Gasteiger partial charge in [0.25, 0.3) is 0 Å². The van der Waals surface area contributed by atoms with Crippen LogP contribution in [-0.2, 0) is 0 Å². The van der Waals surface area contributed by atoms with Crippen LogP contribution in [-0.4, -0.2) is 57.8 Å². The van der Waals surface area contributed by atoms with E-state index in [0.29, 0.717) is 6.54 Å². The minimum Gasteiger partial charge on any atom is -0.353 e. The zero-order valence-corrected chi connectivity index (χ0v) is 16.0. The number of nitrogens with two attached hydrogens (primary N) is 1. The molecule has 9 heteroatoms. The maximum absolute atomic E-state index is 13.9. The van der Waals surface area contributed by atoms with Crippen molar-refractivity contribution in [3.05, 3.63) is 59.5 Å². The van der Waals surface area contributed by atoms with Crippen LogP contribution in [0.15, 0.2) is 43.1 Å². The highest BCUT2D eigenvalue weighted by Gasteiger charge is 2.26. The quantitative estimate of drug-likeness (QED) is 0.683. The third-order valence-electron chi connectivity index (χ3n) is 5.11. The number of aromatic amines is 1. The van der Waals surface area contributed by atoms with Crippen molar-refractivity contribution in [2.75, 3.05) is 37.6 Å². The van der Waals surface area contributed by atoms with Crippen LogP contribution in [0.4, 0.5) is 10.2 Å². The molecule has 28 heavy (non-hydrogen) atoms. The Morgan fingerprint density at radius 3 is 2.71 bits per heavy atom. The molecule has 1 saturated heterocycles. The summed E-state index contributed by atoms with van der Waals surface area (Å²) in [5.41, 5.74) is 8.76. The third kappa shape index (κ3) is 3.71. The van der Waals surface area contributed by atoms with Crippen LogP contribution in [0.1, 0.15) is 11.6 Å². The molecule has 3 heterocycles. The topological polar surface area (TPSA) is 87.0 Å². The Balaban J connectivity index is 1.50. The van der Waals surface area contributed by atoms with E-state index >= 15 is 0 Å². The van der Waals surface area contributed by atoms with Crippen LogP contribution < -0.4 is 10.6 Å². The van der Waals surface area contributed by atoms with E-state index in [4.69, 9.17) is 17.3 Å². The first-order valence-electron chi connectivity index (χ1n) is 9.10. The number of anilines is 1. The number of piperazine rings is 1. The van der Waals surface area contributed by atoms with E-state index in [-0.39, 0.29) is 11.1 Å². The van der Waals surface area contributed by atoms with Crippen LogP contribution in [0.2, 0.25) is 5.02 Å². The van der Waals surface area contributed by atoms with Crippen molar-refractivity contribution in [3.63, 3.8) is 0 Å². The molecule has 0 amide bonds. The van der Waals surface area contributed by atoms with E-state index < -0.39 is 5.82 Å². The zero-order valence-electron chi connectivity index (χ0n) is 15.2. The predicted molar refractivity (Wildman–Crippen MR) is 107 cm³/mol. The fourth-order valence-corrected chi connectivity index (χ4v) is 3.76. The van der Waals surface area contributed by atoms with E-state index in [9.17, 15) is 4.39 Å². The van der Waals surface area contributed by atoms with Gasteiger partial charge < -0.3 is 10.6 Å². The van der Waals surface area contributed by atoms with Gasteiger partial charge in [-0.15, -0.1) is 0 Å². The van der Waals surface area contributed by atoms with Crippen LogP contribution in [0.5, 0.6) is 0 Å². The number of H-pyrrole nitrogens is 1. The normalized spacial score (nSPS) is 16.3. The number of rotatable bonds is 5. The largest absolute Gasteiger partial charge is 0.353 e. The van der Waals surface area contributed by atoms with Gasteiger partial charge in [-0.25, -0.2) is 14.4 Å². The molecule has 1 aromatic carbocycles. The second-order valence-electron chi connectivity index (χ2n) is 6.70. The molecule has 146 valence electrons. The van der Waals surface area contributed by atoms with Crippen molar-refractivity contribution >= 4 is 17.4 Å². The van der Waals surface area contributed by atoms with Crippen molar-refractivity contribution < 1.29 is 4.39 Å². The number of nitrogens with zero attached hydrogens (tertiary/aromatic N) is 5. The van der Waals surface area contributed by atoms with Crippen LogP contribution >= 0.6 is 11.6 Å². The molecule has 0 aliphatic carbocycles. The summed E-state index contributed by atoms with van der Waals surface area (Å²) < 4.78 is 13.9. The molecule has 3 aromatic rings. The summed E-state index contributed by atoms with van der Waals surface area (Å²) in [6.07, 6.45) is 6.96. The highest BCUT2D eigenvalue weighted by molar-refractivity contribution is 6.30. The molecular formula is C19H21ClFN7. The molecule has 0 radical (unpaired) electrons. The van der Waals surface area contributed by atoms with Crippen molar-refractivity contribution in [3.8, 4) is 11.1 Å². The van der Waals surface area contributed by atoms with Crippen LogP contribution in [0.3, 0.4) is 0 Å². The summed E-state index contributed by atoms with van der Waals surface area (Å²) in [6.45, 7) is 3.57. The second-order valence-corrected chi connectivity index (χ2v) is 7.10. The second kappa shape index (κ2) is 8.22. The molecule has 1 atom stereocenters. The van der Waals surface area contributed by atoms with Crippen molar-refractivity contribution in [2.24, 2.45) is 5.73 Å². The number of nitrogens with one attached hydrogen (secondary N) is 1. The van der Waals surface area contributed by atoms with E-state index in [1.807, 2.05) is 12.3 Å². The van der Waals surface area contributed by atoms with Gasteiger partial charge in [-0.2, -0.15) is 5.10 Å². The maximum Gasteiger partial charge on any atom is 0.142 e. The Morgan fingerprint density at radius 1 is 1.21 bits per heavy atom. The number of hydrogen-bond donors (Lipinski definition) is 2. The molecule has 2 aromatic heterocycles. The minimum atomic E-state index is -0.415. The first kappa shape index (κ1) is 18.8. The van der Waals surface area contributed by atoms with Gasteiger partial charge in [0.2, 0.25) is 0 Å². The van der Waals surface area contributed by atoms with E-state index in [2.05, 4.69) is 30.0 Å². The van der Waals surface area contributed by atoms with E-state index in [1.165, 1.54) is 6.07 Å². The average Bonchev–Trinajstić information content (AvgIpc) is 3.26. The molecule has 1 fully saturated rings. The molecular weight excluding hydrogens is 381 g/mol. The summed E-state index contributed by atoms with van der Waals surface area (Å²) >= 11 is 5.81. The summed E-state index contributed by atoms with van der Waals surface area (Å²) in [4.78, 5) is 13.2. The van der Waals surface area contributed by atoms with E-state index in [0.717, 1.165) is 48.7 Å². The fourth-order valence-electron chi connectivity index (χ4n) is 3.64. The maximum atomic E-state index is 13.9. The van der Waals surface area contributed by atoms with Gasteiger partial charge in [0.05, 0.1) is 11.2 Å². The number of benzene rings is 1. The summed E-state index contributed by atoms with van der Waals surface area (Å²) in [5.74, 6) is 0.472. The summed E-state index contributed by atoms with van der Waals surface area (Å²) in [6, 6.07) is 4.86. The number of aromatic nitrogens is 4. The average molecular weight is 402 g/mol. The minimum absolute atomic E-state index is 0.0485. The monoisotopic (exact) mass is 401 g/mol. The zero-order chi connectivity index (χ0) is 19.5. The van der Waals surface area contributed by atoms with Crippen LogP contribution in [0, 0.1) is 5.82 Å². The van der Waals surface area contributed by atoms with Gasteiger partial charge in [-0.1, -0.05) is 17.7 Å². The van der Waals surface area contributed by atoms with Crippen LogP contribution in [0.25, 0.3) is 11.1 Å². The molecule has 4 rings (SSSR count). The van der Waals surface area contributed by atoms with E-state index in [1.54, 1.807) is 24.8 Å². The first-order chi connectivity index (χ1) is 13.7. The molecule has 1 unspecified atom stereocenters.